The Kier molecular flexibility index (Phi) is 3.74. The van der Waals surface area contributed by atoms with Gasteiger partial charge in [-0.15, -0.1) is 0 Å². The second-order valence-corrected chi connectivity index (χ2v) is 5.13. The third kappa shape index (κ3) is 2.91. The molecular formula is C18H17N3O. The van der Waals surface area contributed by atoms with Gasteiger partial charge in [-0.2, -0.15) is 4.98 Å². The van der Waals surface area contributed by atoms with Crippen molar-refractivity contribution in [2.75, 3.05) is 5.73 Å². The fraction of sp³-hybridized carbons (Fsp3) is 0.111. The van der Waals surface area contributed by atoms with Crippen molar-refractivity contribution in [1.29, 1.82) is 0 Å². The van der Waals surface area contributed by atoms with Gasteiger partial charge < -0.3 is 10.5 Å². The maximum Gasteiger partial charge on any atom is 0.221 e. The summed E-state index contributed by atoms with van der Waals surface area (Å²) in [6.07, 6.45) is 1.69. The number of aromatic nitrogens is 2. The third-order valence-electron chi connectivity index (χ3n) is 3.57. The maximum atomic E-state index is 5.87. The second-order valence-electron chi connectivity index (χ2n) is 5.13. The van der Waals surface area contributed by atoms with E-state index in [1.807, 2.05) is 62.4 Å². The molecule has 4 nitrogen and oxygen atoms in total. The molecule has 110 valence electrons. The van der Waals surface area contributed by atoms with E-state index in [1.165, 1.54) is 0 Å². The van der Waals surface area contributed by atoms with Crippen LogP contribution in [0, 0.1) is 13.8 Å². The summed E-state index contributed by atoms with van der Waals surface area (Å²) in [5.74, 6) is 1.61. The fourth-order valence-corrected chi connectivity index (χ4v) is 2.12. The van der Waals surface area contributed by atoms with Crippen molar-refractivity contribution in [3.05, 3.63) is 65.9 Å². The quantitative estimate of drug-likeness (QED) is 0.788. The zero-order valence-corrected chi connectivity index (χ0v) is 12.6. The van der Waals surface area contributed by atoms with Gasteiger partial charge >= 0.3 is 0 Å². The van der Waals surface area contributed by atoms with Gasteiger partial charge in [-0.25, -0.2) is 0 Å². The molecule has 0 aliphatic heterocycles. The van der Waals surface area contributed by atoms with Gasteiger partial charge in [0.25, 0.3) is 0 Å². The minimum Gasteiger partial charge on any atom is -0.437 e. The van der Waals surface area contributed by atoms with Crippen molar-refractivity contribution in [2.24, 2.45) is 0 Å². The van der Waals surface area contributed by atoms with Gasteiger partial charge in [0.05, 0.1) is 11.9 Å². The molecule has 2 N–H and O–H groups in total. The van der Waals surface area contributed by atoms with Crippen LogP contribution in [-0.4, -0.2) is 9.97 Å². The molecule has 3 aromatic rings. The molecule has 0 aliphatic carbocycles. The highest BCUT2D eigenvalue weighted by Crippen LogP contribution is 2.25. The number of nitrogens with two attached hydrogens (primary N) is 1. The van der Waals surface area contributed by atoms with Crippen molar-refractivity contribution in [2.45, 2.75) is 13.8 Å². The Hall–Kier alpha value is -2.88. The van der Waals surface area contributed by atoms with E-state index in [4.69, 9.17) is 10.5 Å². The summed E-state index contributed by atoms with van der Waals surface area (Å²) in [5, 5.41) is 0. The van der Waals surface area contributed by atoms with E-state index in [9.17, 15) is 0 Å². The van der Waals surface area contributed by atoms with Gasteiger partial charge in [0.15, 0.2) is 0 Å². The van der Waals surface area contributed by atoms with Crippen molar-refractivity contribution in [3.8, 4) is 22.9 Å². The summed E-state index contributed by atoms with van der Waals surface area (Å²) in [7, 11) is 0. The monoisotopic (exact) mass is 291 g/mol. The largest absolute Gasteiger partial charge is 0.437 e. The number of benzene rings is 1. The molecule has 0 saturated carbocycles. The highest BCUT2D eigenvalue weighted by atomic mass is 16.5. The molecule has 0 fully saturated rings. The van der Waals surface area contributed by atoms with Crippen molar-refractivity contribution in [3.63, 3.8) is 0 Å². The molecule has 1 aromatic carbocycles. The van der Waals surface area contributed by atoms with E-state index in [0.29, 0.717) is 17.4 Å². The Bertz CT molecular complexity index is 760. The Morgan fingerprint density at radius 1 is 1.00 bits per heavy atom. The molecule has 2 aromatic heterocycles. The lowest BCUT2D eigenvalue weighted by Crippen LogP contribution is -1.99. The highest BCUT2D eigenvalue weighted by Gasteiger charge is 2.06. The average molecular weight is 291 g/mol. The van der Waals surface area contributed by atoms with Gasteiger partial charge in [-0.3, -0.25) is 4.98 Å². The predicted molar refractivity (Wildman–Crippen MR) is 87.9 cm³/mol. The average Bonchev–Trinajstić information content (AvgIpc) is 2.54. The molecule has 0 amide bonds. The van der Waals surface area contributed by atoms with E-state index in [0.717, 1.165) is 22.4 Å². The van der Waals surface area contributed by atoms with Crippen LogP contribution in [0.1, 0.15) is 11.1 Å². The third-order valence-corrected chi connectivity index (χ3v) is 3.57. The number of pyridine rings is 2. The minimum absolute atomic E-state index is 0.481. The molecule has 0 radical (unpaired) electrons. The molecule has 0 atom stereocenters. The number of aryl methyl sites for hydroxylation is 1. The first-order chi connectivity index (χ1) is 10.6. The van der Waals surface area contributed by atoms with E-state index in [-0.39, 0.29) is 0 Å². The smallest absolute Gasteiger partial charge is 0.221 e. The molecule has 0 saturated heterocycles. The van der Waals surface area contributed by atoms with Crippen LogP contribution in [0.15, 0.2) is 54.7 Å². The van der Waals surface area contributed by atoms with Crippen LogP contribution >= 0.6 is 0 Å². The van der Waals surface area contributed by atoms with Crippen LogP contribution in [0.3, 0.4) is 0 Å². The van der Waals surface area contributed by atoms with Crippen LogP contribution in [0.4, 0.5) is 5.82 Å². The van der Waals surface area contributed by atoms with Gasteiger partial charge in [0, 0.05) is 11.6 Å². The highest BCUT2D eigenvalue weighted by molar-refractivity contribution is 5.59. The first-order valence-corrected chi connectivity index (χ1v) is 7.06. The number of ether oxygens (including phenoxy) is 1. The number of nitrogens with zero attached hydrogens (tertiary/aromatic N) is 2. The number of rotatable bonds is 3. The van der Waals surface area contributed by atoms with Crippen molar-refractivity contribution >= 4 is 5.82 Å². The van der Waals surface area contributed by atoms with Crippen LogP contribution in [0.2, 0.25) is 0 Å². The zero-order chi connectivity index (χ0) is 15.5. The summed E-state index contributed by atoms with van der Waals surface area (Å²) in [5.41, 5.74) is 9.87. The normalized spacial score (nSPS) is 10.5. The topological polar surface area (TPSA) is 61.0 Å². The Morgan fingerprint density at radius 3 is 2.41 bits per heavy atom. The lowest BCUT2D eigenvalue weighted by atomic mass is 10.1. The lowest BCUT2D eigenvalue weighted by molar-refractivity contribution is 0.461. The molecular weight excluding hydrogens is 274 g/mol. The van der Waals surface area contributed by atoms with Gasteiger partial charge in [0.1, 0.15) is 11.6 Å². The van der Waals surface area contributed by atoms with E-state index in [1.54, 1.807) is 6.20 Å². The van der Waals surface area contributed by atoms with E-state index >= 15 is 0 Å². The minimum atomic E-state index is 0.481. The van der Waals surface area contributed by atoms with Gasteiger partial charge in [-0.05, 0) is 37.1 Å². The van der Waals surface area contributed by atoms with Crippen LogP contribution in [0.25, 0.3) is 11.3 Å². The Balaban J connectivity index is 1.82. The molecule has 22 heavy (non-hydrogen) atoms. The summed E-state index contributed by atoms with van der Waals surface area (Å²) in [6.45, 7) is 3.93. The van der Waals surface area contributed by atoms with Gasteiger partial charge in [0.2, 0.25) is 5.88 Å². The first-order valence-electron chi connectivity index (χ1n) is 7.06. The van der Waals surface area contributed by atoms with E-state index in [2.05, 4.69) is 9.97 Å². The molecule has 0 spiro atoms. The standard InChI is InChI=1S/C18H17N3O/c1-12-10-17(21-18(19)13(12)2)22-15-8-9-16(20-11-15)14-6-4-3-5-7-14/h3-11H,1-2H3,(H2,19,21). The number of hydrogen-bond acceptors (Lipinski definition) is 4. The zero-order valence-electron chi connectivity index (χ0n) is 12.6. The molecule has 0 bridgehead atoms. The molecule has 2 heterocycles. The van der Waals surface area contributed by atoms with Crippen LogP contribution in [-0.2, 0) is 0 Å². The van der Waals surface area contributed by atoms with Crippen LogP contribution < -0.4 is 10.5 Å². The summed E-state index contributed by atoms with van der Waals surface area (Å²) >= 11 is 0. The summed E-state index contributed by atoms with van der Waals surface area (Å²) < 4.78 is 5.73. The van der Waals surface area contributed by atoms with Crippen molar-refractivity contribution < 1.29 is 4.74 Å². The first kappa shape index (κ1) is 14.1. The number of hydrogen-bond donors (Lipinski definition) is 1. The Morgan fingerprint density at radius 2 is 1.77 bits per heavy atom. The molecule has 0 unspecified atom stereocenters. The fourth-order valence-electron chi connectivity index (χ4n) is 2.12. The van der Waals surface area contributed by atoms with Gasteiger partial charge in [-0.1, -0.05) is 30.3 Å². The van der Waals surface area contributed by atoms with Crippen LogP contribution in [0.5, 0.6) is 11.6 Å². The molecule has 0 aliphatic rings. The lowest BCUT2D eigenvalue weighted by Gasteiger charge is -2.09. The number of nitrogen functional groups attached to an aromatic ring is 1. The SMILES string of the molecule is Cc1cc(Oc2ccc(-c3ccccc3)nc2)nc(N)c1C. The predicted octanol–water partition coefficient (Wildman–Crippen LogP) is 4.13. The molecule has 3 rings (SSSR count). The summed E-state index contributed by atoms with van der Waals surface area (Å²) in [4.78, 5) is 8.66. The Labute approximate surface area is 129 Å². The van der Waals surface area contributed by atoms with Crippen molar-refractivity contribution in [1.82, 2.24) is 9.97 Å². The maximum absolute atomic E-state index is 5.87. The molecule has 4 heteroatoms. The van der Waals surface area contributed by atoms with E-state index < -0.39 is 0 Å². The summed E-state index contributed by atoms with van der Waals surface area (Å²) in [6, 6.07) is 15.7. The number of anilines is 1. The second kappa shape index (κ2) is 5.85.